The monoisotopic (exact) mass is 215 g/mol. The van der Waals surface area contributed by atoms with E-state index in [9.17, 15) is 0 Å². The van der Waals surface area contributed by atoms with Gasteiger partial charge in [0.25, 0.3) is 0 Å². The van der Waals surface area contributed by atoms with E-state index >= 15 is 0 Å². The third-order valence-electron chi connectivity index (χ3n) is 1.75. The lowest BCUT2D eigenvalue weighted by molar-refractivity contribution is 0.208. The molecule has 4 heteroatoms. The zero-order valence-electron chi connectivity index (χ0n) is 8.25. The zero-order valence-corrected chi connectivity index (χ0v) is 9.01. The predicted molar refractivity (Wildman–Crippen MR) is 58.2 cm³/mol. The molecule has 0 heterocycles. The van der Waals surface area contributed by atoms with Crippen LogP contribution in [0.25, 0.3) is 0 Å². The Morgan fingerprint density at radius 2 is 2.29 bits per heavy atom. The quantitative estimate of drug-likeness (QED) is 0.809. The van der Waals surface area contributed by atoms with Crippen LogP contribution in [0.15, 0.2) is 18.2 Å². The molecular formula is C10H14ClNO2. The maximum atomic E-state index is 9.06. The number of nitrogens with one attached hydrogen (secondary N) is 1. The largest absolute Gasteiger partial charge is 0.495 e. The molecule has 0 saturated carbocycles. The van der Waals surface area contributed by atoms with Gasteiger partial charge in [-0.15, -0.1) is 0 Å². The van der Waals surface area contributed by atoms with Gasteiger partial charge in [-0.2, -0.15) is 0 Å². The summed E-state index contributed by atoms with van der Waals surface area (Å²) in [5.41, 5.74) is 0.872. The Bertz CT molecular complexity index is 302. The molecule has 0 fully saturated rings. The van der Waals surface area contributed by atoms with Crippen molar-refractivity contribution in [2.45, 2.75) is 13.0 Å². The van der Waals surface area contributed by atoms with E-state index in [2.05, 4.69) is 5.32 Å². The van der Waals surface area contributed by atoms with Crippen molar-refractivity contribution in [2.75, 3.05) is 19.0 Å². The van der Waals surface area contributed by atoms with Gasteiger partial charge < -0.3 is 15.2 Å². The van der Waals surface area contributed by atoms with Crippen LogP contribution < -0.4 is 10.1 Å². The van der Waals surface area contributed by atoms with Crippen molar-refractivity contribution in [2.24, 2.45) is 0 Å². The molecule has 1 aromatic carbocycles. The van der Waals surface area contributed by atoms with Crippen LogP contribution in [0.2, 0.25) is 5.02 Å². The summed E-state index contributed by atoms with van der Waals surface area (Å²) in [6.07, 6.45) is -0.379. The highest BCUT2D eigenvalue weighted by Crippen LogP contribution is 2.26. The molecular weight excluding hydrogens is 202 g/mol. The Morgan fingerprint density at radius 1 is 1.57 bits per heavy atom. The Hall–Kier alpha value is -0.930. The highest BCUT2D eigenvalue weighted by molar-refractivity contribution is 6.32. The number of methoxy groups -OCH3 is 1. The summed E-state index contributed by atoms with van der Waals surface area (Å²) in [5, 5.41) is 12.7. The van der Waals surface area contributed by atoms with Crippen molar-refractivity contribution in [3.63, 3.8) is 0 Å². The summed E-state index contributed by atoms with van der Waals surface area (Å²) in [4.78, 5) is 0. The maximum Gasteiger partial charge on any atom is 0.137 e. The van der Waals surface area contributed by atoms with E-state index in [1.807, 2.05) is 6.07 Å². The van der Waals surface area contributed by atoms with Crippen molar-refractivity contribution < 1.29 is 9.84 Å². The van der Waals surface area contributed by atoms with Crippen molar-refractivity contribution in [1.29, 1.82) is 0 Å². The van der Waals surface area contributed by atoms with E-state index in [0.717, 1.165) is 5.69 Å². The lowest BCUT2D eigenvalue weighted by Gasteiger charge is -2.10. The van der Waals surface area contributed by atoms with Crippen molar-refractivity contribution in [3.8, 4) is 5.75 Å². The number of ether oxygens (including phenoxy) is 1. The predicted octanol–water partition coefficient (Wildman–Crippen LogP) is 2.14. The second kappa shape index (κ2) is 5.08. The minimum Gasteiger partial charge on any atom is -0.495 e. The Morgan fingerprint density at radius 3 is 2.79 bits per heavy atom. The summed E-state index contributed by atoms with van der Waals surface area (Å²) < 4.78 is 5.02. The van der Waals surface area contributed by atoms with Crippen LogP contribution in [-0.2, 0) is 0 Å². The highest BCUT2D eigenvalue weighted by Gasteiger charge is 2.01. The molecule has 0 unspecified atom stereocenters. The number of hydrogen-bond donors (Lipinski definition) is 2. The maximum absolute atomic E-state index is 9.06. The fourth-order valence-electron chi connectivity index (χ4n) is 1.04. The van der Waals surface area contributed by atoms with Crippen molar-refractivity contribution >= 4 is 17.3 Å². The first-order valence-corrected chi connectivity index (χ1v) is 4.76. The summed E-state index contributed by atoms with van der Waals surface area (Å²) in [6.45, 7) is 2.22. The zero-order chi connectivity index (χ0) is 10.6. The molecule has 1 atom stereocenters. The number of rotatable bonds is 4. The van der Waals surface area contributed by atoms with Gasteiger partial charge in [-0.05, 0) is 25.1 Å². The third-order valence-corrected chi connectivity index (χ3v) is 2.05. The van der Waals surface area contributed by atoms with E-state index in [1.165, 1.54) is 0 Å². The normalized spacial score (nSPS) is 12.3. The Kier molecular flexibility index (Phi) is 4.04. The van der Waals surface area contributed by atoms with Crippen LogP contribution in [0.1, 0.15) is 6.92 Å². The summed E-state index contributed by atoms with van der Waals surface area (Å²) in [6, 6.07) is 5.41. The average Bonchev–Trinajstić information content (AvgIpc) is 2.15. The first-order valence-electron chi connectivity index (χ1n) is 4.39. The number of aliphatic hydroxyl groups excluding tert-OH is 1. The number of halogens is 1. The summed E-state index contributed by atoms with van der Waals surface area (Å²) in [7, 11) is 1.57. The molecule has 3 nitrogen and oxygen atoms in total. The van der Waals surface area contributed by atoms with Gasteiger partial charge in [0.1, 0.15) is 5.75 Å². The van der Waals surface area contributed by atoms with Gasteiger partial charge in [0.05, 0.1) is 18.2 Å². The molecule has 0 aliphatic rings. The van der Waals surface area contributed by atoms with Crippen LogP contribution in [0.3, 0.4) is 0 Å². The molecule has 1 rings (SSSR count). The van der Waals surface area contributed by atoms with E-state index in [0.29, 0.717) is 17.3 Å². The van der Waals surface area contributed by atoms with E-state index < -0.39 is 0 Å². The molecule has 0 amide bonds. The van der Waals surface area contributed by atoms with Crippen LogP contribution in [-0.4, -0.2) is 24.9 Å². The van der Waals surface area contributed by atoms with Crippen LogP contribution in [0.5, 0.6) is 5.75 Å². The Labute approximate surface area is 88.7 Å². The number of anilines is 1. The van der Waals surface area contributed by atoms with Gasteiger partial charge in [-0.25, -0.2) is 0 Å². The average molecular weight is 216 g/mol. The number of benzene rings is 1. The lowest BCUT2D eigenvalue weighted by atomic mass is 10.3. The Balaban J connectivity index is 2.66. The first kappa shape index (κ1) is 11.1. The first-order chi connectivity index (χ1) is 6.63. The molecule has 0 saturated heterocycles. The fraction of sp³-hybridized carbons (Fsp3) is 0.400. The number of aliphatic hydroxyl groups is 1. The van der Waals surface area contributed by atoms with Gasteiger partial charge in [-0.3, -0.25) is 0 Å². The molecule has 0 aliphatic carbocycles. The van der Waals surface area contributed by atoms with E-state index in [-0.39, 0.29) is 6.10 Å². The van der Waals surface area contributed by atoms with Gasteiger partial charge in [-0.1, -0.05) is 11.6 Å². The van der Waals surface area contributed by atoms with E-state index in [4.69, 9.17) is 21.4 Å². The van der Waals surface area contributed by atoms with Crippen LogP contribution >= 0.6 is 11.6 Å². The van der Waals surface area contributed by atoms with Crippen molar-refractivity contribution in [1.82, 2.24) is 0 Å². The van der Waals surface area contributed by atoms with Crippen molar-refractivity contribution in [3.05, 3.63) is 23.2 Å². The molecule has 2 N–H and O–H groups in total. The number of hydrogen-bond acceptors (Lipinski definition) is 3. The molecule has 0 radical (unpaired) electrons. The SMILES string of the molecule is COc1ccc(NC[C@H](C)O)cc1Cl. The topological polar surface area (TPSA) is 41.5 Å². The minimum absolute atomic E-state index is 0.379. The second-order valence-electron chi connectivity index (χ2n) is 3.08. The smallest absolute Gasteiger partial charge is 0.137 e. The van der Waals surface area contributed by atoms with Gasteiger partial charge in [0, 0.05) is 12.2 Å². The molecule has 0 aromatic heterocycles. The minimum atomic E-state index is -0.379. The molecule has 0 bridgehead atoms. The second-order valence-corrected chi connectivity index (χ2v) is 3.49. The summed E-state index contributed by atoms with van der Waals surface area (Å²) in [5.74, 6) is 0.647. The highest BCUT2D eigenvalue weighted by atomic mass is 35.5. The fourth-order valence-corrected chi connectivity index (χ4v) is 1.30. The van der Waals surface area contributed by atoms with Crippen LogP contribution in [0.4, 0.5) is 5.69 Å². The lowest BCUT2D eigenvalue weighted by Crippen LogP contribution is -2.15. The van der Waals surface area contributed by atoms with Crippen LogP contribution in [0, 0.1) is 0 Å². The standard InChI is InChI=1S/C10H14ClNO2/c1-7(13)6-12-8-3-4-10(14-2)9(11)5-8/h3-5,7,12-13H,6H2,1-2H3/t7-/m0/s1. The molecule has 14 heavy (non-hydrogen) atoms. The third kappa shape index (κ3) is 3.09. The molecule has 0 aliphatic heterocycles. The molecule has 78 valence electrons. The van der Waals surface area contributed by atoms with Gasteiger partial charge in [0.2, 0.25) is 0 Å². The van der Waals surface area contributed by atoms with Gasteiger partial charge in [0.15, 0.2) is 0 Å². The van der Waals surface area contributed by atoms with E-state index in [1.54, 1.807) is 26.2 Å². The molecule has 0 spiro atoms. The summed E-state index contributed by atoms with van der Waals surface area (Å²) >= 11 is 5.92. The van der Waals surface area contributed by atoms with Gasteiger partial charge >= 0.3 is 0 Å². The molecule has 1 aromatic rings.